The van der Waals surface area contributed by atoms with Crippen LogP contribution in [0.3, 0.4) is 0 Å². The SMILES string of the molecule is CC1CCC(C(C)C)C(=O)N(C)C1=O. The summed E-state index contributed by atoms with van der Waals surface area (Å²) < 4.78 is 0. The van der Waals surface area contributed by atoms with Crippen molar-refractivity contribution in [3.8, 4) is 0 Å². The van der Waals surface area contributed by atoms with E-state index in [1.165, 1.54) is 4.90 Å². The molecule has 3 nitrogen and oxygen atoms in total. The highest BCUT2D eigenvalue weighted by atomic mass is 16.2. The molecule has 0 spiro atoms. The highest BCUT2D eigenvalue weighted by molar-refractivity contribution is 5.97. The maximum atomic E-state index is 11.8. The Kier molecular flexibility index (Phi) is 3.29. The monoisotopic (exact) mass is 197 g/mol. The van der Waals surface area contributed by atoms with Crippen molar-refractivity contribution in [1.29, 1.82) is 0 Å². The van der Waals surface area contributed by atoms with Crippen LogP contribution in [0.2, 0.25) is 0 Å². The first-order valence-corrected chi connectivity index (χ1v) is 5.26. The van der Waals surface area contributed by atoms with Crippen LogP contribution in [0.25, 0.3) is 0 Å². The first kappa shape index (κ1) is 11.2. The van der Waals surface area contributed by atoms with Gasteiger partial charge < -0.3 is 0 Å². The average molecular weight is 197 g/mol. The summed E-state index contributed by atoms with van der Waals surface area (Å²) in [5.41, 5.74) is 0. The topological polar surface area (TPSA) is 37.4 Å². The molecule has 3 heteroatoms. The van der Waals surface area contributed by atoms with Crippen LogP contribution in [0.1, 0.15) is 33.6 Å². The van der Waals surface area contributed by atoms with Crippen LogP contribution in [0.15, 0.2) is 0 Å². The minimum atomic E-state index is -0.0295. The number of carbonyl (C=O) groups excluding carboxylic acids is 2. The Morgan fingerprint density at radius 1 is 1.21 bits per heavy atom. The predicted molar refractivity (Wildman–Crippen MR) is 54.5 cm³/mol. The van der Waals surface area contributed by atoms with Gasteiger partial charge in [-0.3, -0.25) is 14.5 Å². The van der Waals surface area contributed by atoms with E-state index in [9.17, 15) is 9.59 Å². The highest BCUT2D eigenvalue weighted by Gasteiger charge is 2.34. The van der Waals surface area contributed by atoms with Crippen LogP contribution in [0.4, 0.5) is 0 Å². The second-order valence-corrected chi connectivity index (χ2v) is 4.56. The van der Waals surface area contributed by atoms with Gasteiger partial charge in [0, 0.05) is 18.9 Å². The quantitative estimate of drug-likeness (QED) is 0.600. The molecule has 0 N–H and O–H groups in total. The van der Waals surface area contributed by atoms with Crippen molar-refractivity contribution in [2.75, 3.05) is 7.05 Å². The Balaban J connectivity index is 2.87. The van der Waals surface area contributed by atoms with Gasteiger partial charge in [-0.2, -0.15) is 0 Å². The predicted octanol–water partition coefficient (Wildman–Crippen LogP) is 1.67. The van der Waals surface area contributed by atoms with Crippen LogP contribution >= 0.6 is 0 Å². The van der Waals surface area contributed by atoms with Gasteiger partial charge in [-0.1, -0.05) is 20.8 Å². The van der Waals surface area contributed by atoms with E-state index in [0.29, 0.717) is 5.92 Å². The molecule has 1 aliphatic rings. The van der Waals surface area contributed by atoms with Crippen LogP contribution in [0.5, 0.6) is 0 Å². The Bertz CT molecular complexity index is 248. The molecule has 0 aliphatic carbocycles. The second kappa shape index (κ2) is 4.11. The average Bonchev–Trinajstić information content (AvgIpc) is 2.21. The first-order chi connectivity index (χ1) is 6.45. The smallest absolute Gasteiger partial charge is 0.232 e. The van der Waals surface area contributed by atoms with Crippen molar-refractivity contribution < 1.29 is 9.59 Å². The fraction of sp³-hybridized carbons (Fsp3) is 0.818. The zero-order valence-electron chi connectivity index (χ0n) is 9.41. The number of nitrogens with zero attached hydrogens (tertiary/aromatic N) is 1. The van der Waals surface area contributed by atoms with Crippen molar-refractivity contribution >= 4 is 11.8 Å². The third-order valence-corrected chi connectivity index (χ3v) is 3.12. The van der Waals surface area contributed by atoms with Crippen LogP contribution in [-0.4, -0.2) is 23.8 Å². The summed E-state index contributed by atoms with van der Waals surface area (Å²) in [4.78, 5) is 24.8. The maximum absolute atomic E-state index is 11.8. The van der Waals surface area contributed by atoms with E-state index in [0.717, 1.165) is 12.8 Å². The molecule has 1 heterocycles. The molecule has 1 aliphatic heterocycles. The molecule has 0 aromatic rings. The van der Waals surface area contributed by atoms with Gasteiger partial charge in [-0.05, 0) is 18.8 Å². The fourth-order valence-electron chi connectivity index (χ4n) is 1.98. The van der Waals surface area contributed by atoms with Gasteiger partial charge >= 0.3 is 0 Å². The molecule has 2 atom stereocenters. The lowest BCUT2D eigenvalue weighted by atomic mass is 9.89. The van der Waals surface area contributed by atoms with Crippen molar-refractivity contribution in [2.45, 2.75) is 33.6 Å². The fourth-order valence-corrected chi connectivity index (χ4v) is 1.98. The van der Waals surface area contributed by atoms with Gasteiger partial charge in [-0.25, -0.2) is 0 Å². The summed E-state index contributed by atoms with van der Waals surface area (Å²) in [6, 6.07) is 0. The summed E-state index contributed by atoms with van der Waals surface area (Å²) in [6.07, 6.45) is 1.67. The molecule has 2 amide bonds. The number of likely N-dealkylation sites (tertiary alicyclic amines) is 1. The number of hydrogen-bond donors (Lipinski definition) is 0. The van der Waals surface area contributed by atoms with E-state index in [-0.39, 0.29) is 23.7 Å². The van der Waals surface area contributed by atoms with E-state index in [1.807, 2.05) is 20.8 Å². The minimum absolute atomic E-state index is 0.00523. The van der Waals surface area contributed by atoms with Gasteiger partial charge in [-0.15, -0.1) is 0 Å². The van der Waals surface area contributed by atoms with Gasteiger partial charge in [0.05, 0.1) is 0 Å². The zero-order valence-corrected chi connectivity index (χ0v) is 9.41. The molecule has 0 aromatic carbocycles. The maximum Gasteiger partial charge on any atom is 0.232 e. The van der Waals surface area contributed by atoms with Gasteiger partial charge in [0.15, 0.2) is 0 Å². The van der Waals surface area contributed by atoms with E-state index < -0.39 is 0 Å². The standard InChI is InChI=1S/C11H19NO2/c1-7(2)9-6-5-8(3)10(13)12(4)11(9)14/h7-9H,5-6H2,1-4H3. The summed E-state index contributed by atoms with van der Waals surface area (Å²) in [5, 5.41) is 0. The van der Waals surface area contributed by atoms with Crippen LogP contribution in [-0.2, 0) is 9.59 Å². The summed E-state index contributed by atoms with van der Waals surface area (Å²) in [7, 11) is 1.60. The third-order valence-electron chi connectivity index (χ3n) is 3.12. The lowest BCUT2D eigenvalue weighted by Gasteiger charge is -2.21. The molecule has 2 unspecified atom stereocenters. The molecule has 1 rings (SSSR count). The number of imide groups is 1. The van der Waals surface area contributed by atoms with Crippen molar-refractivity contribution in [3.05, 3.63) is 0 Å². The summed E-state index contributed by atoms with van der Waals surface area (Å²) >= 11 is 0. The summed E-state index contributed by atoms with van der Waals surface area (Å²) in [6.45, 7) is 5.97. The molecule has 0 bridgehead atoms. The molecule has 14 heavy (non-hydrogen) atoms. The molecule has 1 fully saturated rings. The summed E-state index contributed by atoms with van der Waals surface area (Å²) in [5.74, 6) is 0.303. The minimum Gasteiger partial charge on any atom is -0.285 e. The Hall–Kier alpha value is -0.860. The largest absolute Gasteiger partial charge is 0.285 e. The van der Waals surface area contributed by atoms with Crippen LogP contribution in [0, 0.1) is 17.8 Å². The Morgan fingerprint density at radius 2 is 1.79 bits per heavy atom. The first-order valence-electron chi connectivity index (χ1n) is 5.26. The lowest BCUT2D eigenvalue weighted by molar-refractivity contribution is -0.146. The highest BCUT2D eigenvalue weighted by Crippen LogP contribution is 2.26. The number of rotatable bonds is 1. The Labute approximate surface area is 85.5 Å². The third kappa shape index (κ3) is 1.97. The zero-order chi connectivity index (χ0) is 10.9. The van der Waals surface area contributed by atoms with Gasteiger partial charge in [0.25, 0.3) is 0 Å². The molecule has 0 saturated carbocycles. The van der Waals surface area contributed by atoms with E-state index in [1.54, 1.807) is 7.05 Å². The van der Waals surface area contributed by atoms with Crippen molar-refractivity contribution in [3.63, 3.8) is 0 Å². The number of hydrogen-bond acceptors (Lipinski definition) is 2. The number of carbonyl (C=O) groups is 2. The molecule has 0 radical (unpaired) electrons. The Morgan fingerprint density at radius 3 is 2.29 bits per heavy atom. The van der Waals surface area contributed by atoms with E-state index in [4.69, 9.17) is 0 Å². The normalized spacial score (nSPS) is 29.6. The van der Waals surface area contributed by atoms with Crippen molar-refractivity contribution in [1.82, 2.24) is 4.90 Å². The molecule has 0 aromatic heterocycles. The lowest BCUT2D eigenvalue weighted by Crippen LogP contribution is -2.38. The van der Waals surface area contributed by atoms with Gasteiger partial charge in [0.2, 0.25) is 11.8 Å². The molecular weight excluding hydrogens is 178 g/mol. The molecular formula is C11H19NO2. The number of amides is 2. The van der Waals surface area contributed by atoms with Crippen LogP contribution < -0.4 is 0 Å². The van der Waals surface area contributed by atoms with Crippen molar-refractivity contribution in [2.24, 2.45) is 17.8 Å². The van der Waals surface area contributed by atoms with Gasteiger partial charge in [0.1, 0.15) is 0 Å². The van der Waals surface area contributed by atoms with E-state index in [2.05, 4.69) is 0 Å². The second-order valence-electron chi connectivity index (χ2n) is 4.56. The molecule has 80 valence electrons. The van der Waals surface area contributed by atoms with E-state index >= 15 is 0 Å². The molecule has 1 saturated heterocycles.